The predicted molar refractivity (Wildman–Crippen MR) is 97.4 cm³/mol. The minimum absolute atomic E-state index is 0.0262. The minimum Gasteiger partial charge on any atom is -0.312 e. The van der Waals surface area contributed by atoms with Gasteiger partial charge < -0.3 is 4.90 Å². The number of rotatable bonds is 1. The number of hydrogen-bond donors (Lipinski definition) is 0. The second-order valence-corrected chi connectivity index (χ2v) is 7.48. The standard InChI is InChI=1S/C19H18N2O2S/c1-12-8-9-14(10-13(12)2)21-17(22)11-24-19(21)15-6-4-5-7-16(15)20(3)18(19)23/h4-10H,11H2,1-3H3. The summed E-state index contributed by atoms with van der Waals surface area (Å²) in [5.74, 6) is 0.223. The molecule has 2 aliphatic rings. The number of thioether (sulfide) groups is 1. The summed E-state index contributed by atoms with van der Waals surface area (Å²) in [6.07, 6.45) is 0. The maximum absolute atomic E-state index is 13.2. The molecule has 122 valence electrons. The highest BCUT2D eigenvalue weighted by Gasteiger charge is 2.60. The first-order chi connectivity index (χ1) is 11.5. The number of fused-ring (bicyclic) bond motifs is 2. The van der Waals surface area contributed by atoms with Crippen LogP contribution < -0.4 is 9.80 Å². The van der Waals surface area contributed by atoms with Gasteiger partial charge >= 0.3 is 0 Å². The van der Waals surface area contributed by atoms with Gasteiger partial charge in [-0.3, -0.25) is 14.5 Å². The summed E-state index contributed by atoms with van der Waals surface area (Å²) in [7, 11) is 1.78. The van der Waals surface area contributed by atoms with E-state index in [0.29, 0.717) is 5.75 Å². The lowest BCUT2D eigenvalue weighted by Crippen LogP contribution is -2.49. The van der Waals surface area contributed by atoms with Crippen molar-refractivity contribution in [1.82, 2.24) is 0 Å². The minimum atomic E-state index is -0.982. The van der Waals surface area contributed by atoms with Gasteiger partial charge in [-0.2, -0.15) is 0 Å². The summed E-state index contributed by atoms with van der Waals surface area (Å²) in [5.41, 5.74) is 4.83. The molecule has 2 aromatic rings. The number of para-hydroxylation sites is 1. The van der Waals surface area contributed by atoms with Crippen LogP contribution in [0.15, 0.2) is 42.5 Å². The van der Waals surface area contributed by atoms with Crippen molar-refractivity contribution < 1.29 is 9.59 Å². The zero-order valence-electron chi connectivity index (χ0n) is 13.9. The van der Waals surface area contributed by atoms with Crippen molar-refractivity contribution >= 4 is 35.0 Å². The fourth-order valence-electron chi connectivity index (χ4n) is 3.52. The van der Waals surface area contributed by atoms with E-state index < -0.39 is 4.87 Å². The zero-order chi connectivity index (χ0) is 17.1. The van der Waals surface area contributed by atoms with Crippen molar-refractivity contribution in [2.24, 2.45) is 0 Å². The second-order valence-electron chi connectivity index (χ2n) is 6.31. The Balaban J connectivity index is 1.95. The van der Waals surface area contributed by atoms with Crippen molar-refractivity contribution in [2.75, 3.05) is 22.6 Å². The predicted octanol–water partition coefficient (Wildman–Crippen LogP) is 3.21. The number of nitrogens with zero attached hydrogens (tertiary/aromatic N) is 2. The van der Waals surface area contributed by atoms with Crippen LogP contribution in [0, 0.1) is 13.8 Å². The average Bonchev–Trinajstić information content (AvgIpc) is 3.03. The van der Waals surface area contributed by atoms with E-state index >= 15 is 0 Å². The SMILES string of the molecule is Cc1ccc(N2C(=O)CSC23C(=O)N(C)c2ccccc23)cc1C. The average molecular weight is 338 g/mol. The molecule has 0 aromatic heterocycles. The Kier molecular flexibility index (Phi) is 3.25. The van der Waals surface area contributed by atoms with E-state index in [-0.39, 0.29) is 11.8 Å². The summed E-state index contributed by atoms with van der Waals surface area (Å²) in [5, 5.41) is 0. The monoisotopic (exact) mass is 338 g/mol. The quantitative estimate of drug-likeness (QED) is 0.802. The van der Waals surface area contributed by atoms with E-state index in [2.05, 4.69) is 0 Å². The topological polar surface area (TPSA) is 40.6 Å². The summed E-state index contributed by atoms with van der Waals surface area (Å²) in [4.78, 5) is 28.3. The Bertz CT molecular complexity index is 879. The number of carbonyl (C=O) groups is 2. The Morgan fingerprint density at radius 1 is 1.04 bits per heavy atom. The maximum Gasteiger partial charge on any atom is 0.268 e. The van der Waals surface area contributed by atoms with Crippen LogP contribution in [0.4, 0.5) is 11.4 Å². The largest absolute Gasteiger partial charge is 0.312 e. The molecular weight excluding hydrogens is 320 g/mol. The normalized spacial score (nSPS) is 22.6. The van der Waals surface area contributed by atoms with Crippen LogP contribution in [-0.2, 0) is 14.5 Å². The van der Waals surface area contributed by atoms with Crippen LogP contribution in [0.1, 0.15) is 16.7 Å². The number of likely N-dealkylation sites (N-methyl/N-ethyl adjacent to an activating group) is 1. The van der Waals surface area contributed by atoms with Crippen molar-refractivity contribution in [3.05, 3.63) is 59.2 Å². The Morgan fingerprint density at radius 3 is 2.54 bits per heavy atom. The molecule has 4 nitrogen and oxygen atoms in total. The number of amides is 2. The van der Waals surface area contributed by atoms with Gasteiger partial charge in [-0.15, -0.1) is 11.8 Å². The summed E-state index contributed by atoms with van der Waals surface area (Å²) < 4.78 is 0. The van der Waals surface area contributed by atoms with Gasteiger partial charge in [-0.25, -0.2) is 0 Å². The number of anilines is 2. The highest BCUT2D eigenvalue weighted by atomic mass is 32.2. The van der Waals surface area contributed by atoms with Crippen LogP contribution >= 0.6 is 11.8 Å². The second kappa shape index (κ2) is 5.11. The molecule has 1 unspecified atom stereocenters. The first kappa shape index (κ1) is 15.3. The molecule has 0 N–H and O–H groups in total. The molecule has 5 heteroatoms. The molecule has 1 spiro atoms. The molecule has 1 saturated heterocycles. The lowest BCUT2D eigenvalue weighted by atomic mass is 10.0. The number of benzene rings is 2. The van der Waals surface area contributed by atoms with Gasteiger partial charge in [-0.05, 0) is 43.2 Å². The Hall–Kier alpha value is -2.27. The Morgan fingerprint density at radius 2 is 1.79 bits per heavy atom. The molecule has 2 amide bonds. The van der Waals surface area contributed by atoms with Crippen LogP contribution in [0.25, 0.3) is 0 Å². The molecule has 2 aromatic carbocycles. The van der Waals surface area contributed by atoms with Crippen LogP contribution in [-0.4, -0.2) is 24.6 Å². The molecule has 24 heavy (non-hydrogen) atoms. The van der Waals surface area contributed by atoms with Crippen LogP contribution in [0.2, 0.25) is 0 Å². The summed E-state index contributed by atoms with van der Waals surface area (Å²) in [6.45, 7) is 4.06. The number of carbonyl (C=O) groups excluding carboxylic acids is 2. The van der Waals surface area contributed by atoms with E-state index in [9.17, 15) is 9.59 Å². The van der Waals surface area contributed by atoms with Crippen molar-refractivity contribution in [2.45, 2.75) is 18.7 Å². The van der Waals surface area contributed by atoms with Crippen molar-refractivity contribution in [1.29, 1.82) is 0 Å². The smallest absolute Gasteiger partial charge is 0.268 e. The van der Waals surface area contributed by atoms with Gasteiger partial charge in [0, 0.05) is 18.3 Å². The molecule has 2 heterocycles. The fraction of sp³-hybridized carbons (Fsp3) is 0.263. The van der Waals surface area contributed by atoms with Crippen molar-refractivity contribution in [3.63, 3.8) is 0 Å². The van der Waals surface area contributed by atoms with Gasteiger partial charge in [0.05, 0.1) is 11.4 Å². The van der Waals surface area contributed by atoms with Gasteiger partial charge in [0.1, 0.15) is 0 Å². The third kappa shape index (κ3) is 1.82. The van der Waals surface area contributed by atoms with Crippen molar-refractivity contribution in [3.8, 4) is 0 Å². The molecule has 2 aliphatic heterocycles. The van der Waals surface area contributed by atoms with Crippen LogP contribution in [0.5, 0.6) is 0 Å². The van der Waals surface area contributed by atoms with E-state index in [1.807, 2.05) is 56.3 Å². The van der Waals surface area contributed by atoms with Gasteiger partial charge in [-0.1, -0.05) is 24.3 Å². The van der Waals surface area contributed by atoms with Gasteiger partial charge in [0.25, 0.3) is 5.91 Å². The highest BCUT2D eigenvalue weighted by Crippen LogP contribution is 2.55. The maximum atomic E-state index is 13.2. The van der Waals surface area contributed by atoms with E-state index in [1.165, 1.54) is 17.3 Å². The molecular formula is C19H18N2O2S. The van der Waals surface area contributed by atoms with Crippen LogP contribution in [0.3, 0.4) is 0 Å². The van der Waals surface area contributed by atoms with Gasteiger partial charge in [0.15, 0.2) is 0 Å². The lowest BCUT2D eigenvalue weighted by Gasteiger charge is -2.33. The first-order valence-corrected chi connectivity index (χ1v) is 8.87. The molecule has 1 atom stereocenters. The highest BCUT2D eigenvalue weighted by molar-refractivity contribution is 8.02. The summed E-state index contributed by atoms with van der Waals surface area (Å²) in [6, 6.07) is 13.7. The summed E-state index contributed by atoms with van der Waals surface area (Å²) >= 11 is 1.41. The third-order valence-electron chi connectivity index (χ3n) is 4.94. The van der Waals surface area contributed by atoms with E-state index in [1.54, 1.807) is 16.8 Å². The molecule has 0 bridgehead atoms. The number of aryl methyl sites for hydroxylation is 2. The number of hydrogen-bond acceptors (Lipinski definition) is 3. The first-order valence-electron chi connectivity index (χ1n) is 7.89. The molecule has 0 aliphatic carbocycles. The Labute approximate surface area is 145 Å². The molecule has 1 fully saturated rings. The molecule has 4 rings (SSSR count). The lowest BCUT2D eigenvalue weighted by molar-refractivity contribution is -0.123. The molecule has 0 saturated carbocycles. The van der Waals surface area contributed by atoms with E-state index in [0.717, 1.165) is 22.5 Å². The van der Waals surface area contributed by atoms with Gasteiger partial charge in [0.2, 0.25) is 10.8 Å². The van der Waals surface area contributed by atoms with E-state index in [4.69, 9.17) is 0 Å². The molecule has 0 radical (unpaired) electrons. The fourth-order valence-corrected chi connectivity index (χ4v) is 4.91. The third-order valence-corrected chi connectivity index (χ3v) is 6.33. The zero-order valence-corrected chi connectivity index (χ0v) is 14.7.